The number of benzene rings is 3. The van der Waals surface area contributed by atoms with Gasteiger partial charge in [0.05, 0.1) is 16.7 Å². The molecule has 0 aromatic heterocycles. The van der Waals surface area contributed by atoms with E-state index in [2.05, 4.69) is 56.4 Å². The summed E-state index contributed by atoms with van der Waals surface area (Å²) in [6.07, 6.45) is 0. The maximum atomic E-state index is 6.33. The highest BCUT2D eigenvalue weighted by Gasteiger charge is 2.65. The number of hydrogen-bond donors (Lipinski definition) is 0. The summed E-state index contributed by atoms with van der Waals surface area (Å²) in [5.74, 6) is 5.36. The summed E-state index contributed by atoms with van der Waals surface area (Å²) in [4.78, 5) is 0. The van der Waals surface area contributed by atoms with E-state index in [4.69, 9.17) is 14.2 Å². The maximum absolute atomic E-state index is 6.33. The Morgan fingerprint density at radius 3 is 1.04 bits per heavy atom. The van der Waals surface area contributed by atoms with E-state index in [1.54, 1.807) is 0 Å². The zero-order valence-electron chi connectivity index (χ0n) is 14.9. The van der Waals surface area contributed by atoms with Crippen molar-refractivity contribution >= 4 is 7.26 Å². The van der Waals surface area contributed by atoms with E-state index in [0.717, 1.165) is 51.2 Å². The number of ether oxygens (including phenoxy) is 3. The monoisotopic (exact) mass is 361 g/mol. The third-order valence-corrected chi connectivity index (χ3v) is 8.40. The fraction of sp³-hybridized carbons (Fsp3) is 0.182. The van der Waals surface area contributed by atoms with Gasteiger partial charge < -0.3 is 14.2 Å². The van der Waals surface area contributed by atoms with Gasteiger partial charge in [0.25, 0.3) is 0 Å². The predicted octanol–water partition coefficient (Wildman–Crippen LogP) is 6.20. The van der Waals surface area contributed by atoms with Gasteiger partial charge in [-0.25, -0.2) is 0 Å². The van der Waals surface area contributed by atoms with Crippen molar-refractivity contribution in [2.75, 3.05) is 20.0 Å². The molecule has 3 aliphatic heterocycles. The van der Waals surface area contributed by atoms with E-state index in [-0.39, 0.29) is 5.16 Å². The lowest BCUT2D eigenvalue weighted by molar-refractivity contribution is 0.361. The van der Waals surface area contributed by atoms with Gasteiger partial charge >= 0.3 is 0 Å². The van der Waals surface area contributed by atoms with Crippen molar-refractivity contribution in [1.29, 1.82) is 0 Å². The topological polar surface area (TPSA) is 27.7 Å². The predicted molar refractivity (Wildman–Crippen MR) is 104 cm³/mol. The Morgan fingerprint density at radius 2 is 0.808 bits per heavy atom. The smallest absolute Gasteiger partial charge is 0.175 e. The molecule has 0 aliphatic carbocycles. The largest absolute Gasteiger partial charge is 0.456 e. The second-order valence-electron chi connectivity index (χ2n) is 7.92. The zero-order chi connectivity index (χ0) is 17.7. The molecule has 0 unspecified atom stereocenters. The average Bonchev–Trinajstić information content (AvgIpc) is 2.61. The van der Waals surface area contributed by atoms with Gasteiger partial charge in [-0.05, 0) is 36.4 Å². The van der Waals surface area contributed by atoms with Gasteiger partial charge in [-0.1, -0.05) is 18.2 Å². The van der Waals surface area contributed by atoms with Crippen molar-refractivity contribution in [3.05, 3.63) is 71.3 Å². The molecule has 0 spiro atoms. The summed E-state index contributed by atoms with van der Waals surface area (Å²) in [5, 5.41) is -0.272. The fourth-order valence-electron chi connectivity index (χ4n) is 4.85. The summed E-state index contributed by atoms with van der Waals surface area (Å²) in [7, 11) is -1.52. The average molecular weight is 361 g/mol. The minimum atomic E-state index is -1.52. The van der Waals surface area contributed by atoms with E-state index in [1.807, 2.05) is 18.2 Å². The Balaban J connectivity index is 1.91. The van der Waals surface area contributed by atoms with E-state index < -0.39 is 7.26 Å². The van der Waals surface area contributed by atoms with Crippen LogP contribution in [-0.4, -0.2) is 20.0 Å². The van der Waals surface area contributed by atoms with Gasteiger partial charge in [-0.2, -0.15) is 0 Å². The lowest BCUT2D eigenvalue weighted by atomic mass is 9.77. The van der Waals surface area contributed by atoms with E-state index in [0.29, 0.717) is 0 Å². The van der Waals surface area contributed by atoms with Gasteiger partial charge in [-0.3, -0.25) is 0 Å². The molecule has 6 rings (SSSR count). The molecule has 4 heteroatoms. The minimum absolute atomic E-state index is 0.272. The van der Waals surface area contributed by atoms with Crippen molar-refractivity contribution in [3.63, 3.8) is 0 Å². The summed E-state index contributed by atoms with van der Waals surface area (Å²) < 4.78 is 19.0. The first-order valence-electron chi connectivity index (χ1n) is 8.77. The Kier molecular flexibility index (Phi) is 2.49. The van der Waals surface area contributed by atoms with Crippen LogP contribution in [0.3, 0.4) is 0 Å². The first kappa shape index (κ1) is 14.6. The highest BCUT2D eigenvalue weighted by Crippen LogP contribution is 2.81. The molecule has 3 nitrogen and oxygen atoms in total. The molecule has 0 N–H and O–H groups in total. The number of hydrogen-bond acceptors (Lipinski definition) is 3. The summed E-state index contributed by atoms with van der Waals surface area (Å²) >= 11 is 0. The Morgan fingerprint density at radius 1 is 0.538 bits per heavy atom. The van der Waals surface area contributed by atoms with Crippen molar-refractivity contribution in [1.82, 2.24) is 0 Å². The van der Waals surface area contributed by atoms with Crippen LogP contribution in [-0.2, 0) is 5.16 Å². The highest BCUT2D eigenvalue weighted by atomic mass is 31.2. The SMILES string of the molecule is C[P+](C)(C)C12c3c4cccc3Oc3cccc(c31)Oc1cccc(c12)O4. The first-order valence-corrected chi connectivity index (χ1v) is 11.9. The van der Waals surface area contributed by atoms with Gasteiger partial charge in [0.15, 0.2) is 5.16 Å². The van der Waals surface area contributed by atoms with Gasteiger partial charge in [0.1, 0.15) is 34.5 Å². The molecule has 3 aromatic rings. The quantitative estimate of drug-likeness (QED) is 0.378. The molecule has 0 bridgehead atoms. The van der Waals surface area contributed by atoms with Crippen LogP contribution >= 0.6 is 7.26 Å². The van der Waals surface area contributed by atoms with Crippen LogP contribution in [0.25, 0.3) is 0 Å². The Bertz CT molecular complexity index is 920. The van der Waals surface area contributed by atoms with Crippen molar-refractivity contribution in [2.45, 2.75) is 5.16 Å². The second-order valence-corrected chi connectivity index (χ2v) is 12.6. The second kappa shape index (κ2) is 4.42. The van der Waals surface area contributed by atoms with Crippen LogP contribution in [0.1, 0.15) is 16.7 Å². The highest BCUT2D eigenvalue weighted by molar-refractivity contribution is 7.75. The van der Waals surface area contributed by atoms with Crippen LogP contribution in [0.2, 0.25) is 0 Å². The van der Waals surface area contributed by atoms with E-state index >= 15 is 0 Å². The van der Waals surface area contributed by atoms with Crippen LogP contribution in [0.15, 0.2) is 54.6 Å². The molecule has 0 saturated heterocycles. The summed E-state index contributed by atoms with van der Waals surface area (Å²) in [5.41, 5.74) is 3.47. The molecule has 3 aliphatic rings. The maximum Gasteiger partial charge on any atom is 0.175 e. The first-order chi connectivity index (χ1) is 12.5. The van der Waals surface area contributed by atoms with Crippen LogP contribution in [0, 0.1) is 0 Å². The molecule has 3 heterocycles. The van der Waals surface area contributed by atoms with Crippen LogP contribution in [0.5, 0.6) is 34.5 Å². The summed E-state index contributed by atoms with van der Waals surface area (Å²) in [6, 6.07) is 18.3. The van der Waals surface area contributed by atoms with Gasteiger partial charge in [0, 0.05) is 27.3 Å². The summed E-state index contributed by atoms with van der Waals surface area (Å²) in [6.45, 7) is 7.20. The molecule has 0 amide bonds. The molecule has 0 radical (unpaired) electrons. The van der Waals surface area contributed by atoms with Crippen molar-refractivity contribution in [2.24, 2.45) is 0 Å². The molecular formula is C22H18O3P+. The fourth-order valence-corrected chi connectivity index (χ4v) is 7.52. The third kappa shape index (κ3) is 1.46. The van der Waals surface area contributed by atoms with Crippen molar-refractivity contribution < 1.29 is 14.2 Å². The van der Waals surface area contributed by atoms with Crippen LogP contribution < -0.4 is 14.2 Å². The van der Waals surface area contributed by atoms with Gasteiger partial charge in [-0.15, -0.1) is 0 Å². The van der Waals surface area contributed by atoms with E-state index in [1.165, 1.54) is 0 Å². The van der Waals surface area contributed by atoms with Gasteiger partial charge in [0.2, 0.25) is 0 Å². The molecule has 0 saturated carbocycles. The van der Waals surface area contributed by atoms with Crippen LogP contribution in [0.4, 0.5) is 0 Å². The molecular weight excluding hydrogens is 343 g/mol. The molecule has 0 fully saturated rings. The Hall–Kier alpha value is -2.51. The van der Waals surface area contributed by atoms with E-state index in [9.17, 15) is 0 Å². The molecule has 0 atom stereocenters. The molecule has 3 aromatic carbocycles. The third-order valence-electron chi connectivity index (χ3n) is 5.72. The molecule has 128 valence electrons. The standard InChI is InChI=1S/C22H18O3P/c1-26(2,3)22-19-13-7-4-8-14(19)24-16-10-6-12-18(21(16)22)25-17-11-5-9-15(23-13)20(17)22/h4-12H,1-3H3/q+1. The Labute approximate surface area is 152 Å². The lowest BCUT2D eigenvalue weighted by Gasteiger charge is -2.49. The normalized spacial score (nSPS) is 16.7. The lowest BCUT2D eigenvalue weighted by Crippen LogP contribution is -2.39. The molecule has 26 heavy (non-hydrogen) atoms. The number of rotatable bonds is 1. The van der Waals surface area contributed by atoms with Crippen molar-refractivity contribution in [3.8, 4) is 34.5 Å². The minimum Gasteiger partial charge on any atom is -0.456 e. The zero-order valence-corrected chi connectivity index (χ0v) is 15.8.